The maximum Gasteiger partial charge on any atom is 0.253 e. The Hall–Kier alpha value is -4.40. The van der Waals surface area contributed by atoms with Gasteiger partial charge in [-0.15, -0.1) is 0 Å². The number of pyridine rings is 1. The highest BCUT2D eigenvalue weighted by Crippen LogP contribution is 2.41. The summed E-state index contributed by atoms with van der Waals surface area (Å²) < 4.78 is 20.9. The molecule has 2 heterocycles. The van der Waals surface area contributed by atoms with Gasteiger partial charge in [0.1, 0.15) is 5.75 Å². The first kappa shape index (κ1) is 21.8. The van der Waals surface area contributed by atoms with Gasteiger partial charge in [0.2, 0.25) is 5.69 Å². The normalized spacial score (nSPS) is 11.2. The number of ketones is 1. The molecule has 168 valence electrons. The SMILES string of the molecule is COc1ccc(C(=O)/C=C/c2ccc3c(OC)c(OC)cc(-c4no[n+]([O-])c4C)c3n2)cc1. The van der Waals surface area contributed by atoms with Gasteiger partial charge in [0.05, 0.1) is 38.1 Å². The number of methoxy groups -OCH3 is 3. The van der Waals surface area contributed by atoms with Gasteiger partial charge in [0.25, 0.3) is 5.69 Å². The Morgan fingerprint density at radius 2 is 1.82 bits per heavy atom. The summed E-state index contributed by atoms with van der Waals surface area (Å²) >= 11 is 0. The third-order valence-electron chi connectivity index (χ3n) is 5.20. The zero-order valence-electron chi connectivity index (χ0n) is 18.5. The minimum absolute atomic E-state index is 0.174. The Balaban J connectivity index is 1.79. The van der Waals surface area contributed by atoms with E-state index in [1.54, 1.807) is 56.5 Å². The highest BCUT2D eigenvalue weighted by Gasteiger charge is 2.24. The Bertz CT molecular complexity index is 1360. The number of fused-ring (bicyclic) bond motifs is 1. The van der Waals surface area contributed by atoms with Crippen molar-refractivity contribution in [1.82, 2.24) is 10.1 Å². The summed E-state index contributed by atoms with van der Waals surface area (Å²) in [6.45, 7) is 1.60. The molecule has 0 saturated carbocycles. The van der Waals surface area contributed by atoms with Crippen molar-refractivity contribution in [1.29, 1.82) is 0 Å². The van der Waals surface area contributed by atoms with E-state index >= 15 is 0 Å². The van der Waals surface area contributed by atoms with Crippen LogP contribution in [0.25, 0.3) is 28.2 Å². The third kappa shape index (κ3) is 4.08. The lowest BCUT2D eigenvalue weighted by atomic mass is 10.0. The summed E-state index contributed by atoms with van der Waals surface area (Å²) in [5.74, 6) is 1.45. The van der Waals surface area contributed by atoms with E-state index in [-0.39, 0.29) is 11.5 Å². The minimum Gasteiger partial charge on any atom is -0.497 e. The number of ether oxygens (including phenoxy) is 3. The first-order valence-electron chi connectivity index (χ1n) is 9.95. The fourth-order valence-electron chi connectivity index (χ4n) is 3.44. The van der Waals surface area contributed by atoms with Crippen LogP contribution in [0.1, 0.15) is 21.7 Å². The predicted octanol–water partition coefficient (Wildman–Crippen LogP) is 3.75. The van der Waals surface area contributed by atoms with Gasteiger partial charge >= 0.3 is 0 Å². The Morgan fingerprint density at radius 3 is 2.42 bits per heavy atom. The van der Waals surface area contributed by atoms with Crippen LogP contribution in [0.3, 0.4) is 0 Å². The summed E-state index contributed by atoms with van der Waals surface area (Å²) in [5, 5.41) is 16.3. The average Bonchev–Trinajstić information content (AvgIpc) is 3.19. The first-order chi connectivity index (χ1) is 16.0. The highest BCUT2D eigenvalue weighted by molar-refractivity contribution is 6.07. The molecule has 33 heavy (non-hydrogen) atoms. The largest absolute Gasteiger partial charge is 0.497 e. The molecule has 0 N–H and O–H groups in total. The molecule has 0 bridgehead atoms. The van der Waals surface area contributed by atoms with Crippen LogP contribution in [0.2, 0.25) is 0 Å². The lowest BCUT2D eigenvalue weighted by molar-refractivity contribution is -0.806. The number of nitrogens with zero attached hydrogens (tertiary/aromatic N) is 3. The van der Waals surface area contributed by atoms with Gasteiger partial charge in [-0.2, -0.15) is 0 Å². The van der Waals surface area contributed by atoms with E-state index in [4.69, 9.17) is 23.8 Å². The first-order valence-corrected chi connectivity index (χ1v) is 9.95. The van der Waals surface area contributed by atoms with E-state index in [0.717, 1.165) is 0 Å². The van der Waals surface area contributed by atoms with Crippen molar-refractivity contribution in [2.75, 3.05) is 21.3 Å². The van der Waals surface area contributed by atoms with E-state index in [1.807, 2.05) is 6.07 Å². The van der Waals surface area contributed by atoms with E-state index in [9.17, 15) is 10.0 Å². The minimum atomic E-state index is -0.174. The molecule has 2 aromatic carbocycles. The number of carbonyl (C=O) groups excluding carboxylic acids is 1. The van der Waals surface area contributed by atoms with Crippen molar-refractivity contribution in [2.45, 2.75) is 6.92 Å². The number of hydrogen-bond acceptors (Lipinski definition) is 8. The number of aromatic nitrogens is 3. The lowest BCUT2D eigenvalue weighted by Crippen LogP contribution is -2.25. The van der Waals surface area contributed by atoms with Crippen molar-refractivity contribution in [3.8, 4) is 28.5 Å². The van der Waals surface area contributed by atoms with E-state index in [0.29, 0.717) is 55.6 Å². The van der Waals surface area contributed by atoms with E-state index < -0.39 is 0 Å². The molecule has 0 atom stereocenters. The molecule has 0 spiro atoms. The fraction of sp³-hybridized carbons (Fsp3) is 0.167. The van der Waals surface area contributed by atoms with Gasteiger partial charge in [-0.1, -0.05) is 0 Å². The zero-order chi connectivity index (χ0) is 23.5. The number of allylic oxidation sites excluding steroid dienone is 1. The summed E-state index contributed by atoms with van der Waals surface area (Å²) in [6, 6.07) is 12.1. The summed E-state index contributed by atoms with van der Waals surface area (Å²) in [7, 11) is 4.62. The molecular weight excluding hydrogens is 426 g/mol. The molecule has 0 radical (unpaired) electrons. The molecule has 0 aliphatic carbocycles. The summed E-state index contributed by atoms with van der Waals surface area (Å²) in [6.07, 6.45) is 3.07. The molecule has 2 aromatic heterocycles. The lowest BCUT2D eigenvalue weighted by Gasteiger charge is -2.13. The van der Waals surface area contributed by atoms with Crippen LogP contribution in [-0.4, -0.2) is 37.3 Å². The highest BCUT2D eigenvalue weighted by atomic mass is 16.8. The molecule has 0 aliphatic rings. The predicted molar refractivity (Wildman–Crippen MR) is 120 cm³/mol. The molecule has 0 fully saturated rings. The third-order valence-corrected chi connectivity index (χ3v) is 5.20. The van der Waals surface area contributed by atoms with Gasteiger partial charge in [-0.05, 0) is 59.5 Å². The average molecular weight is 447 g/mol. The van der Waals surface area contributed by atoms with Crippen LogP contribution < -0.4 is 19.1 Å². The summed E-state index contributed by atoms with van der Waals surface area (Å²) in [5.41, 5.74) is 2.73. The second-order valence-corrected chi connectivity index (χ2v) is 7.08. The molecule has 4 aromatic rings. The Labute approximate surface area is 189 Å². The van der Waals surface area contributed by atoms with Crippen molar-refractivity contribution in [3.05, 3.63) is 70.7 Å². The maximum absolute atomic E-state index is 12.5. The fourth-order valence-corrected chi connectivity index (χ4v) is 3.44. The Kier molecular flexibility index (Phi) is 5.95. The topological polar surface area (TPSA) is 111 Å². The number of benzene rings is 2. The standard InChI is InChI=1S/C24H21N3O6/c1-14-22(26-33-27(14)29)19-13-21(31-3)24(32-4)18-11-7-16(25-23(18)19)8-12-20(28)15-5-9-17(30-2)10-6-15/h5-13H,1-4H3/b12-8+. The second-order valence-electron chi connectivity index (χ2n) is 7.08. The van der Waals surface area contributed by atoms with Crippen LogP contribution >= 0.6 is 0 Å². The molecule has 4 rings (SSSR count). The van der Waals surface area contributed by atoms with Crippen molar-refractivity contribution < 1.29 is 28.5 Å². The van der Waals surface area contributed by atoms with Gasteiger partial charge in [0.15, 0.2) is 17.3 Å². The van der Waals surface area contributed by atoms with Crippen LogP contribution in [0.15, 0.2) is 53.2 Å². The number of rotatable bonds is 7. The van der Waals surface area contributed by atoms with E-state index in [1.165, 1.54) is 20.3 Å². The molecule has 9 nitrogen and oxygen atoms in total. The van der Waals surface area contributed by atoms with Gasteiger partial charge in [-0.3, -0.25) is 9.42 Å². The second kappa shape index (κ2) is 8.99. The van der Waals surface area contributed by atoms with E-state index in [2.05, 4.69) is 5.16 Å². The smallest absolute Gasteiger partial charge is 0.253 e. The Morgan fingerprint density at radius 1 is 1.06 bits per heavy atom. The number of carbonyl (C=O) groups is 1. The zero-order valence-corrected chi connectivity index (χ0v) is 18.5. The monoisotopic (exact) mass is 447 g/mol. The van der Waals surface area contributed by atoms with Gasteiger partial charge in [-0.25, -0.2) is 4.98 Å². The van der Waals surface area contributed by atoms with Crippen molar-refractivity contribution in [3.63, 3.8) is 0 Å². The maximum atomic E-state index is 12.5. The van der Waals surface area contributed by atoms with Gasteiger partial charge in [0, 0.05) is 23.0 Å². The van der Waals surface area contributed by atoms with Crippen molar-refractivity contribution in [2.24, 2.45) is 0 Å². The van der Waals surface area contributed by atoms with Crippen LogP contribution in [0.4, 0.5) is 0 Å². The van der Waals surface area contributed by atoms with Crippen LogP contribution in [-0.2, 0) is 0 Å². The molecule has 0 saturated heterocycles. The van der Waals surface area contributed by atoms with Crippen LogP contribution in [0, 0.1) is 12.1 Å². The van der Waals surface area contributed by atoms with Crippen LogP contribution in [0.5, 0.6) is 17.2 Å². The molecule has 0 amide bonds. The summed E-state index contributed by atoms with van der Waals surface area (Å²) in [4.78, 5) is 17.6. The van der Waals surface area contributed by atoms with Crippen molar-refractivity contribution >= 4 is 22.8 Å². The molecular formula is C24H21N3O6. The number of hydrogen-bond donors (Lipinski definition) is 0. The molecule has 0 unspecified atom stereocenters. The quantitative estimate of drug-likeness (QED) is 0.239. The molecule has 0 aliphatic heterocycles. The molecule has 9 heteroatoms. The van der Waals surface area contributed by atoms with Gasteiger partial charge < -0.3 is 19.4 Å².